The van der Waals surface area contributed by atoms with Crippen molar-refractivity contribution in [3.63, 3.8) is 0 Å². The van der Waals surface area contributed by atoms with Gasteiger partial charge >= 0.3 is 10.1 Å². The molecular weight excluding hydrogens is 466 g/mol. The predicted octanol–water partition coefficient (Wildman–Crippen LogP) is 4.81. The number of nitrogens with one attached hydrogen (secondary N) is 1. The summed E-state index contributed by atoms with van der Waals surface area (Å²) in [6.45, 7) is 0.262. The molecule has 0 spiro atoms. The Morgan fingerprint density at radius 2 is 1.77 bits per heavy atom. The van der Waals surface area contributed by atoms with Crippen molar-refractivity contribution in [1.82, 2.24) is 0 Å². The van der Waals surface area contributed by atoms with Crippen LogP contribution in [0.15, 0.2) is 65.6 Å². The average Bonchev–Trinajstić information content (AvgIpc) is 2.67. The van der Waals surface area contributed by atoms with Crippen molar-refractivity contribution < 1.29 is 21.7 Å². The van der Waals surface area contributed by atoms with E-state index < -0.39 is 15.9 Å². The molecule has 0 radical (unpaired) electrons. The van der Waals surface area contributed by atoms with Crippen molar-refractivity contribution in [2.75, 3.05) is 6.61 Å². The standard InChI is InChI=1S/C21H17Cl2FN2O4S/c22-15-9-17(29-7-6-13-2-1-3-14(8-13)21(25)26)12-18(10-15)30-31(27,28)20-5-4-16(24)11-19(20)23/h1-5,8-12H,6-7H2,(H3,25,26). The molecule has 31 heavy (non-hydrogen) atoms. The van der Waals surface area contributed by atoms with E-state index >= 15 is 0 Å². The van der Waals surface area contributed by atoms with Gasteiger partial charge in [0.15, 0.2) is 0 Å². The normalized spacial score (nSPS) is 11.2. The SMILES string of the molecule is N=C(N)c1cccc(CCOc2cc(Cl)cc(OS(=O)(=O)c3ccc(F)cc3Cl)c2)c1. The van der Waals surface area contributed by atoms with Crippen molar-refractivity contribution >= 4 is 39.2 Å². The first-order valence-corrected chi connectivity index (χ1v) is 11.1. The maximum atomic E-state index is 13.2. The van der Waals surface area contributed by atoms with E-state index in [9.17, 15) is 12.8 Å². The van der Waals surface area contributed by atoms with E-state index in [1.54, 1.807) is 18.2 Å². The molecule has 0 atom stereocenters. The largest absolute Gasteiger partial charge is 0.493 e. The van der Waals surface area contributed by atoms with Crippen molar-refractivity contribution in [2.45, 2.75) is 11.3 Å². The summed E-state index contributed by atoms with van der Waals surface area (Å²) in [5.74, 6) is -0.481. The van der Waals surface area contributed by atoms with Crippen LogP contribution in [0.25, 0.3) is 0 Å². The quantitative estimate of drug-likeness (QED) is 0.272. The summed E-state index contributed by atoms with van der Waals surface area (Å²) in [6.07, 6.45) is 0.521. The predicted molar refractivity (Wildman–Crippen MR) is 117 cm³/mol. The Morgan fingerprint density at radius 3 is 2.48 bits per heavy atom. The lowest BCUT2D eigenvalue weighted by atomic mass is 10.1. The first-order chi connectivity index (χ1) is 14.6. The molecule has 0 aliphatic carbocycles. The molecular formula is C21H17Cl2FN2O4S. The fourth-order valence-electron chi connectivity index (χ4n) is 2.70. The number of benzene rings is 3. The van der Waals surface area contributed by atoms with Gasteiger partial charge in [0.25, 0.3) is 0 Å². The lowest BCUT2D eigenvalue weighted by molar-refractivity contribution is 0.321. The topological polar surface area (TPSA) is 102 Å². The Bertz CT molecular complexity index is 1240. The highest BCUT2D eigenvalue weighted by Gasteiger charge is 2.21. The van der Waals surface area contributed by atoms with Gasteiger partial charge in [-0.2, -0.15) is 8.42 Å². The third-order valence-electron chi connectivity index (χ3n) is 4.11. The number of halogens is 3. The molecule has 0 saturated heterocycles. The van der Waals surface area contributed by atoms with E-state index in [0.29, 0.717) is 17.7 Å². The van der Waals surface area contributed by atoms with Crippen LogP contribution >= 0.6 is 23.2 Å². The number of rotatable bonds is 8. The van der Waals surface area contributed by atoms with E-state index in [0.717, 1.165) is 23.8 Å². The van der Waals surface area contributed by atoms with Gasteiger partial charge in [-0.15, -0.1) is 0 Å². The Labute approximate surface area is 188 Å². The molecule has 3 N–H and O–H groups in total. The number of nitrogens with two attached hydrogens (primary N) is 1. The monoisotopic (exact) mass is 482 g/mol. The van der Waals surface area contributed by atoms with Crippen LogP contribution in [0, 0.1) is 11.2 Å². The van der Waals surface area contributed by atoms with Crippen LogP contribution in [0.3, 0.4) is 0 Å². The van der Waals surface area contributed by atoms with E-state index in [1.807, 2.05) is 6.07 Å². The smallest absolute Gasteiger partial charge is 0.340 e. The van der Waals surface area contributed by atoms with E-state index in [4.69, 9.17) is 43.3 Å². The maximum absolute atomic E-state index is 13.2. The zero-order valence-electron chi connectivity index (χ0n) is 15.9. The molecule has 0 bridgehead atoms. The molecule has 3 aromatic carbocycles. The molecule has 0 amide bonds. The summed E-state index contributed by atoms with van der Waals surface area (Å²) in [5.41, 5.74) is 7.02. The molecule has 0 aliphatic heterocycles. The van der Waals surface area contributed by atoms with Crippen LogP contribution in [0.5, 0.6) is 11.5 Å². The maximum Gasteiger partial charge on any atom is 0.340 e. The number of hydrogen-bond acceptors (Lipinski definition) is 5. The number of hydrogen-bond donors (Lipinski definition) is 2. The van der Waals surface area contributed by atoms with Crippen LogP contribution in [0.4, 0.5) is 4.39 Å². The minimum absolute atomic E-state index is 0.0260. The number of nitrogen functional groups attached to an aromatic ring is 1. The summed E-state index contributed by atoms with van der Waals surface area (Å²) in [4.78, 5) is -0.372. The van der Waals surface area contributed by atoms with Gasteiger partial charge in [-0.25, -0.2) is 4.39 Å². The second-order valence-corrected chi connectivity index (χ2v) is 8.81. The third-order valence-corrected chi connectivity index (χ3v) is 6.06. The first kappa shape index (κ1) is 22.9. The van der Waals surface area contributed by atoms with Gasteiger partial charge in [0.1, 0.15) is 28.0 Å². The van der Waals surface area contributed by atoms with Gasteiger partial charge < -0.3 is 14.7 Å². The lowest BCUT2D eigenvalue weighted by Gasteiger charge is -2.12. The van der Waals surface area contributed by atoms with E-state index in [2.05, 4.69) is 0 Å². The molecule has 162 valence electrons. The Hall–Kier alpha value is -2.81. The summed E-state index contributed by atoms with van der Waals surface area (Å²) in [5, 5.41) is 7.39. The highest BCUT2D eigenvalue weighted by atomic mass is 35.5. The Morgan fingerprint density at radius 1 is 1.03 bits per heavy atom. The average molecular weight is 483 g/mol. The van der Waals surface area contributed by atoms with Crippen LogP contribution in [0.1, 0.15) is 11.1 Å². The second kappa shape index (κ2) is 9.55. The molecule has 0 heterocycles. The van der Waals surface area contributed by atoms with Gasteiger partial charge in [-0.3, -0.25) is 5.41 Å². The molecule has 0 aromatic heterocycles. The Balaban J connectivity index is 1.71. The van der Waals surface area contributed by atoms with Crippen LogP contribution < -0.4 is 14.7 Å². The van der Waals surface area contributed by atoms with Gasteiger partial charge in [0, 0.05) is 29.1 Å². The molecule has 6 nitrogen and oxygen atoms in total. The summed E-state index contributed by atoms with van der Waals surface area (Å²) in [7, 11) is -4.32. The summed E-state index contributed by atoms with van der Waals surface area (Å²) < 4.78 is 49.0. The van der Waals surface area contributed by atoms with E-state index in [-0.39, 0.29) is 33.1 Å². The van der Waals surface area contributed by atoms with Gasteiger partial charge in [0.2, 0.25) is 0 Å². The Kier molecular flexibility index (Phi) is 7.04. The third kappa shape index (κ3) is 6.10. The molecule has 0 aliphatic rings. The molecule has 0 fully saturated rings. The van der Waals surface area contributed by atoms with Gasteiger partial charge in [0.05, 0.1) is 11.6 Å². The minimum Gasteiger partial charge on any atom is -0.493 e. The molecule has 10 heteroatoms. The highest BCUT2D eigenvalue weighted by molar-refractivity contribution is 7.87. The lowest BCUT2D eigenvalue weighted by Crippen LogP contribution is -2.12. The first-order valence-electron chi connectivity index (χ1n) is 8.90. The van der Waals surface area contributed by atoms with Crippen LogP contribution in [-0.4, -0.2) is 20.9 Å². The fraction of sp³-hybridized carbons (Fsp3) is 0.0952. The van der Waals surface area contributed by atoms with Gasteiger partial charge in [-0.1, -0.05) is 41.4 Å². The van der Waals surface area contributed by atoms with Crippen LogP contribution in [0.2, 0.25) is 10.0 Å². The van der Waals surface area contributed by atoms with Crippen molar-refractivity contribution in [1.29, 1.82) is 5.41 Å². The fourth-order valence-corrected chi connectivity index (χ4v) is 4.34. The summed E-state index contributed by atoms with van der Waals surface area (Å²) in [6, 6.07) is 14.2. The zero-order chi connectivity index (χ0) is 22.6. The van der Waals surface area contributed by atoms with Crippen molar-refractivity contribution in [3.8, 4) is 11.5 Å². The molecule has 0 unspecified atom stereocenters. The number of amidine groups is 1. The molecule has 3 aromatic rings. The van der Waals surface area contributed by atoms with E-state index in [1.165, 1.54) is 18.2 Å². The van der Waals surface area contributed by atoms with Crippen molar-refractivity contribution in [3.05, 3.63) is 87.7 Å². The van der Waals surface area contributed by atoms with Crippen LogP contribution in [-0.2, 0) is 16.5 Å². The second-order valence-electron chi connectivity index (χ2n) is 6.45. The highest BCUT2D eigenvalue weighted by Crippen LogP contribution is 2.30. The summed E-state index contributed by atoms with van der Waals surface area (Å²) >= 11 is 11.9. The molecule has 3 rings (SSSR count). The van der Waals surface area contributed by atoms with Crippen molar-refractivity contribution in [2.24, 2.45) is 5.73 Å². The number of ether oxygens (including phenoxy) is 1. The van der Waals surface area contributed by atoms with Gasteiger partial charge in [-0.05, 0) is 35.9 Å². The zero-order valence-corrected chi connectivity index (χ0v) is 18.3. The molecule has 0 saturated carbocycles. The minimum atomic E-state index is -4.32.